The monoisotopic (exact) mass is 222 g/mol. The van der Waals surface area contributed by atoms with Crippen LogP contribution in [0.5, 0.6) is 0 Å². The molecule has 0 spiro atoms. The van der Waals surface area contributed by atoms with E-state index < -0.39 is 0 Å². The summed E-state index contributed by atoms with van der Waals surface area (Å²) in [7, 11) is 0. The van der Waals surface area contributed by atoms with Gasteiger partial charge in [0.2, 0.25) is 0 Å². The zero-order valence-corrected chi connectivity index (χ0v) is 9.85. The number of aromatic nitrogens is 1. The Hall–Kier alpha value is -0.410. The topological polar surface area (TPSA) is 38.9 Å². The lowest BCUT2D eigenvalue weighted by atomic mass is 9.65. The summed E-state index contributed by atoms with van der Waals surface area (Å²) in [5.41, 5.74) is 9.66. The first kappa shape index (κ1) is 9.79. The number of rotatable bonds is 4. The van der Waals surface area contributed by atoms with Crippen molar-refractivity contribution in [2.45, 2.75) is 49.9 Å². The lowest BCUT2D eigenvalue weighted by Gasteiger charge is -2.41. The average Bonchev–Trinajstić information content (AvgIpc) is 2.91. The Balaban J connectivity index is 1.92. The lowest BCUT2D eigenvalue weighted by molar-refractivity contribution is 0.233. The van der Waals surface area contributed by atoms with Crippen LogP contribution in [0.1, 0.15) is 55.0 Å². The molecule has 0 aromatic carbocycles. The first-order chi connectivity index (χ1) is 7.36. The molecule has 0 bridgehead atoms. The quantitative estimate of drug-likeness (QED) is 0.850. The predicted octanol–water partition coefficient (Wildman–Crippen LogP) is 2.79. The van der Waals surface area contributed by atoms with Crippen LogP contribution in [0.15, 0.2) is 5.51 Å². The van der Waals surface area contributed by atoms with Crippen molar-refractivity contribution in [2.24, 2.45) is 5.73 Å². The van der Waals surface area contributed by atoms with Crippen molar-refractivity contribution in [1.82, 2.24) is 4.98 Å². The Labute approximate surface area is 94.9 Å². The molecule has 2 nitrogen and oxygen atoms in total. The van der Waals surface area contributed by atoms with E-state index in [9.17, 15) is 0 Å². The standard InChI is InChI=1S/C12H18N2S/c13-7-6-12(4-1-5-12)11-10(9-2-3-9)14-8-15-11/h8-9H,1-7,13H2. The number of thiazole rings is 1. The molecule has 2 saturated carbocycles. The summed E-state index contributed by atoms with van der Waals surface area (Å²) < 4.78 is 0. The fraction of sp³-hybridized carbons (Fsp3) is 0.750. The second kappa shape index (κ2) is 3.56. The molecule has 0 aliphatic heterocycles. The van der Waals surface area contributed by atoms with Gasteiger partial charge in [-0.25, -0.2) is 4.98 Å². The Bertz CT molecular complexity index is 350. The predicted molar refractivity (Wildman–Crippen MR) is 63.3 cm³/mol. The third-order valence-corrected chi connectivity index (χ3v) is 5.06. The third-order valence-electron chi connectivity index (χ3n) is 3.97. The van der Waals surface area contributed by atoms with Gasteiger partial charge in [0, 0.05) is 16.2 Å². The molecule has 15 heavy (non-hydrogen) atoms. The fourth-order valence-electron chi connectivity index (χ4n) is 2.77. The van der Waals surface area contributed by atoms with E-state index in [2.05, 4.69) is 4.98 Å². The van der Waals surface area contributed by atoms with Gasteiger partial charge in [0.05, 0.1) is 11.2 Å². The maximum Gasteiger partial charge on any atom is 0.0798 e. The fourth-order valence-corrected chi connectivity index (χ4v) is 3.94. The molecule has 2 aliphatic rings. The van der Waals surface area contributed by atoms with Crippen LogP contribution >= 0.6 is 11.3 Å². The number of nitrogens with two attached hydrogens (primary N) is 1. The molecule has 0 unspecified atom stereocenters. The van der Waals surface area contributed by atoms with Gasteiger partial charge in [-0.2, -0.15) is 0 Å². The largest absolute Gasteiger partial charge is 0.330 e. The summed E-state index contributed by atoms with van der Waals surface area (Å²) >= 11 is 1.87. The first-order valence-electron chi connectivity index (χ1n) is 6.00. The van der Waals surface area contributed by atoms with Crippen LogP contribution in [-0.4, -0.2) is 11.5 Å². The van der Waals surface area contributed by atoms with Crippen molar-refractivity contribution < 1.29 is 0 Å². The molecule has 0 amide bonds. The molecular weight excluding hydrogens is 204 g/mol. The van der Waals surface area contributed by atoms with Gasteiger partial charge < -0.3 is 5.73 Å². The van der Waals surface area contributed by atoms with Crippen LogP contribution in [-0.2, 0) is 5.41 Å². The highest BCUT2D eigenvalue weighted by Crippen LogP contribution is 2.53. The van der Waals surface area contributed by atoms with Crippen molar-refractivity contribution in [3.63, 3.8) is 0 Å². The summed E-state index contributed by atoms with van der Waals surface area (Å²) in [5, 5.41) is 0. The molecule has 1 heterocycles. The highest BCUT2D eigenvalue weighted by Gasteiger charge is 2.43. The molecule has 3 heteroatoms. The summed E-state index contributed by atoms with van der Waals surface area (Å²) in [6, 6.07) is 0. The second-order valence-electron chi connectivity index (χ2n) is 5.01. The minimum Gasteiger partial charge on any atom is -0.330 e. The Morgan fingerprint density at radius 3 is 2.80 bits per heavy atom. The van der Waals surface area contributed by atoms with E-state index in [1.54, 1.807) is 4.88 Å². The molecule has 0 radical (unpaired) electrons. The van der Waals surface area contributed by atoms with Crippen LogP contribution in [0, 0.1) is 0 Å². The summed E-state index contributed by atoms with van der Waals surface area (Å²) in [4.78, 5) is 6.17. The first-order valence-corrected chi connectivity index (χ1v) is 6.88. The maximum atomic E-state index is 5.76. The van der Waals surface area contributed by atoms with Crippen molar-refractivity contribution in [3.05, 3.63) is 16.1 Å². The van der Waals surface area contributed by atoms with Crippen LogP contribution in [0.4, 0.5) is 0 Å². The Morgan fingerprint density at radius 1 is 1.47 bits per heavy atom. The van der Waals surface area contributed by atoms with Gasteiger partial charge in [0.25, 0.3) is 0 Å². The van der Waals surface area contributed by atoms with E-state index in [0.29, 0.717) is 5.41 Å². The Morgan fingerprint density at radius 2 is 2.27 bits per heavy atom. The van der Waals surface area contributed by atoms with Crippen LogP contribution in [0.25, 0.3) is 0 Å². The van der Waals surface area contributed by atoms with E-state index in [1.165, 1.54) is 37.8 Å². The molecule has 1 aromatic heterocycles. The average molecular weight is 222 g/mol. The zero-order valence-electron chi connectivity index (χ0n) is 9.04. The molecule has 1 aromatic rings. The number of hydrogen-bond acceptors (Lipinski definition) is 3. The van der Waals surface area contributed by atoms with Gasteiger partial charge in [0.15, 0.2) is 0 Å². The van der Waals surface area contributed by atoms with Crippen molar-refractivity contribution in [2.75, 3.05) is 6.54 Å². The van der Waals surface area contributed by atoms with Gasteiger partial charge in [-0.15, -0.1) is 11.3 Å². The minimum absolute atomic E-state index is 0.438. The minimum atomic E-state index is 0.438. The maximum absolute atomic E-state index is 5.76. The van der Waals surface area contributed by atoms with Gasteiger partial charge in [-0.05, 0) is 38.6 Å². The number of hydrogen-bond donors (Lipinski definition) is 1. The molecule has 2 fully saturated rings. The van der Waals surface area contributed by atoms with Crippen LogP contribution < -0.4 is 5.73 Å². The van der Waals surface area contributed by atoms with Gasteiger partial charge in [-0.3, -0.25) is 0 Å². The molecule has 2 aliphatic carbocycles. The van der Waals surface area contributed by atoms with E-state index in [0.717, 1.165) is 18.9 Å². The third kappa shape index (κ3) is 1.53. The molecule has 0 atom stereocenters. The van der Waals surface area contributed by atoms with Crippen LogP contribution in [0.2, 0.25) is 0 Å². The summed E-state index contributed by atoms with van der Waals surface area (Å²) in [6.07, 6.45) is 7.93. The van der Waals surface area contributed by atoms with Crippen molar-refractivity contribution in [1.29, 1.82) is 0 Å². The summed E-state index contributed by atoms with van der Waals surface area (Å²) in [6.45, 7) is 0.821. The van der Waals surface area contributed by atoms with E-state index in [4.69, 9.17) is 5.73 Å². The van der Waals surface area contributed by atoms with Crippen LogP contribution in [0.3, 0.4) is 0 Å². The van der Waals surface area contributed by atoms with Crippen molar-refractivity contribution >= 4 is 11.3 Å². The highest BCUT2D eigenvalue weighted by atomic mass is 32.1. The van der Waals surface area contributed by atoms with Gasteiger partial charge >= 0.3 is 0 Å². The van der Waals surface area contributed by atoms with Gasteiger partial charge in [0.1, 0.15) is 0 Å². The lowest BCUT2D eigenvalue weighted by Crippen LogP contribution is -2.36. The van der Waals surface area contributed by atoms with E-state index in [-0.39, 0.29) is 0 Å². The molecular formula is C12H18N2S. The van der Waals surface area contributed by atoms with Crippen molar-refractivity contribution in [3.8, 4) is 0 Å². The Kier molecular flexibility index (Phi) is 2.33. The molecule has 82 valence electrons. The normalized spacial score (nSPS) is 23.8. The molecule has 2 N–H and O–H groups in total. The second-order valence-corrected chi connectivity index (χ2v) is 5.87. The highest BCUT2D eigenvalue weighted by molar-refractivity contribution is 7.10. The number of nitrogens with zero attached hydrogens (tertiary/aromatic N) is 1. The van der Waals surface area contributed by atoms with Gasteiger partial charge in [-0.1, -0.05) is 6.42 Å². The summed E-state index contributed by atoms with van der Waals surface area (Å²) in [5.74, 6) is 0.793. The zero-order chi connectivity index (χ0) is 10.3. The smallest absolute Gasteiger partial charge is 0.0798 e. The van der Waals surface area contributed by atoms with E-state index in [1.807, 2.05) is 16.8 Å². The molecule has 0 saturated heterocycles. The van der Waals surface area contributed by atoms with E-state index >= 15 is 0 Å². The SMILES string of the molecule is NCCC1(c2scnc2C2CC2)CCC1. The molecule has 3 rings (SSSR count).